The van der Waals surface area contributed by atoms with Gasteiger partial charge in [0.2, 0.25) is 0 Å². The standard InChI is InChI=1S/C13H21N/c1-5-12(9-11(3)4)7-8-13(6-2)10-14/h5-8H,3,9-10,14H2,1-2,4H3/b8-7-,12-5+,13-6+. The van der Waals surface area contributed by atoms with Gasteiger partial charge in [-0.25, -0.2) is 0 Å². The SMILES string of the molecule is C=C(C)CC(/C=C\C(=C/C)CN)=C/C. The molecule has 0 heterocycles. The van der Waals surface area contributed by atoms with Crippen molar-refractivity contribution in [3.05, 3.63) is 47.6 Å². The molecule has 0 rings (SSSR count). The minimum Gasteiger partial charge on any atom is -0.327 e. The highest BCUT2D eigenvalue weighted by molar-refractivity contribution is 5.30. The van der Waals surface area contributed by atoms with Gasteiger partial charge in [-0.15, -0.1) is 0 Å². The summed E-state index contributed by atoms with van der Waals surface area (Å²) in [6.07, 6.45) is 9.25. The van der Waals surface area contributed by atoms with Gasteiger partial charge in [0, 0.05) is 6.54 Å². The molecule has 0 unspecified atom stereocenters. The number of allylic oxidation sites excluding steroid dienone is 5. The highest BCUT2D eigenvalue weighted by atomic mass is 14.5. The molecule has 0 aliphatic carbocycles. The molecule has 78 valence electrons. The predicted octanol–water partition coefficient (Wildman–Crippen LogP) is 3.36. The van der Waals surface area contributed by atoms with Crippen molar-refractivity contribution in [2.45, 2.75) is 27.2 Å². The van der Waals surface area contributed by atoms with E-state index in [0.717, 1.165) is 12.0 Å². The summed E-state index contributed by atoms with van der Waals surface area (Å²) >= 11 is 0. The van der Waals surface area contributed by atoms with E-state index in [1.165, 1.54) is 11.1 Å². The lowest BCUT2D eigenvalue weighted by molar-refractivity contribution is 1.14. The summed E-state index contributed by atoms with van der Waals surface area (Å²) in [7, 11) is 0. The molecule has 1 nitrogen and oxygen atoms in total. The minimum atomic E-state index is 0.594. The largest absolute Gasteiger partial charge is 0.327 e. The topological polar surface area (TPSA) is 26.0 Å². The summed E-state index contributed by atoms with van der Waals surface area (Å²) in [6, 6.07) is 0. The van der Waals surface area contributed by atoms with E-state index in [2.05, 4.69) is 24.8 Å². The summed E-state index contributed by atoms with van der Waals surface area (Å²) in [4.78, 5) is 0. The molecule has 0 aromatic heterocycles. The van der Waals surface area contributed by atoms with Crippen LogP contribution < -0.4 is 5.73 Å². The lowest BCUT2D eigenvalue weighted by Crippen LogP contribution is -2.00. The Morgan fingerprint density at radius 1 is 1.14 bits per heavy atom. The molecule has 0 spiro atoms. The monoisotopic (exact) mass is 191 g/mol. The average molecular weight is 191 g/mol. The molecule has 0 atom stereocenters. The zero-order valence-electron chi connectivity index (χ0n) is 9.51. The summed E-state index contributed by atoms with van der Waals surface area (Å²) < 4.78 is 0. The third-order valence-corrected chi connectivity index (χ3v) is 1.99. The van der Waals surface area contributed by atoms with Crippen LogP contribution in [0.3, 0.4) is 0 Å². The van der Waals surface area contributed by atoms with Gasteiger partial charge in [-0.3, -0.25) is 0 Å². The van der Waals surface area contributed by atoms with Crippen LogP contribution in [0.1, 0.15) is 27.2 Å². The molecule has 1 heteroatoms. The molecule has 14 heavy (non-hydrogen) atoms. The quantitative estimate of drug-likeness (QED) is 0.523. The van der Waals surface area contributed by atoms with Crippen molar-refractivity contribution in [1.29, 1.82) is 0 Å². The second-order valence-corrected chi connectivity index (χ2v) is 3.40. The normalized spacial score (nSPS) is 13.7. The summed E-state index contributed by atoms with van der Waals surface area (Å²) in [6.45, 7) is 10.6. The van der Waals surface area contributed by atoms with E-state index in [1.807, 2.05) is 26.8 Å². The molecule has 2 N–H and O–H groups in total. The lowest BCUT2D eigenvalue weighted by Gasteiger charge is -2.01. The third kappa shape index (κ3) is 5.55. The Balaban J connectivity index is 4.39. The van der Waals surface area contributed by atoms with Crippen LogP contribution in [-0.2, 0) is 0 Å². The van der Waals surface area contributed by atoms with E-state index in [-0.39, 0.29) is 0 Å². The van der Waals surface area contributed by atoms with E-state index >= 15 is 0 Å². The maximum Gasteiger partial charge on any atom is 0.0174 e. The number of rotatable bonds is 5. The summed E-state index contributed by atoms with van der Waals surface area (Å²) in [5.74, 6) is 0. The highest BCUT2D eigenvalue weighted by Crippen LogP contribution is 2.11. The molecule has 0 fully saturated rings. The number of nitrogens with two attached hydrogens (primary N) is 1. The van der Waals surface area contributed by atoms with Crippen molar-refractivity contribution in [1.82, 2.24) is 0 Å². The third-order valence-electron chi connectivity index (χ3n) is 1.99. The Morgan fingerprint density at radius 2 is 1.64 bits per heavy atom. The van der Waals surface area contributed by atoms with Gasteiger partial charge >= 0.3 is 0 Å². The van der Waals surface area contributed by atoms with Gasteiger partial charge in [0.1, 0.15) is 0 Å². The van der Waals surface area contributed by atoms with Gasteiger partial charge in [-0.1, -0.05) is 36.5 Å². The van der Waals surface area contributed by atoms with Gasteiger partial charge < -0.3 is 5.73 Å². The van der Waals surface area contributed by atoms with Crippen molar-refractivity contribution in [2.75, 3.05) is 6.54 Å². The smallest absolute Gasteiger partial charge is 0.0174 e. The van der Waals surface area contributed by atoms with E-state index in [9.17, 15) is 0 Å². The lowest BCUT2D eigenvalue weighted by atomic mass is 10.1. The molecule has 0 aliphatic rings. The maximum absolute atomic E-state index is 5.56. The van der Waals surface area contributed by atoms with Crippen LogP contribution >= 0.6 is 0 Å². The van der Waals surface area contributed by atoms with Crippen molar-refractivity contribution in [3.8, 4) is 0 Å². The summed E-state index contributed by atoms with van der Waals surface area (Å²) in [5.41, 5.74) is 9.18. The van der Waals surface area contributed by atoms with Crippen molar-refractivity contribution < 1.29 is 0 Å². The van der Waals surface area contributed by atoms with E-state index in [0.29, 0.717) is 6.54 Å². The number of hydrogen-bond donors (Lipinski definition) is 1. The van der Waals surface area contributed by atoms with Crippen LogP contribution in [-0.4, -0.2) is 6.54 Å². The van der Waals surface area contributed by atoms with Crippen LogP contribution in [0.4, 0.5) is 0 Å². The molecule has 0 saturated heterocycles. The van der Waals surface area contributed by atoms with Crippen molar-refractivity contribution >= 4 is 0 Å². The average Bonchev–Trinajstić information content (AvgIpc) is 2.17. The molecular formula is C13H21N. The minimum absolute atomic E-state index is 0.594. The second-order valence-electron chi connectivity index (χ2n) is 3.40. The van der Waals surface area contributed by atoms with Gasteiger partial charge in [0.25, 0.3) is 0 Å². The van der Waals surface area contributed by atoms with Gasteiger partial charge in [0.15, 0.2) is 0 Å². The van der Waals surface area contributed by atoms with E-state index < -0.39 is 0 Å². The fourth-order valence-electron chi connectivity index (χ4n) is 1.10. The van der Waals surface area contributed by atoms with Gasteiger partial charge in [0.05, 0.1) is 0 Å². The Labute approximate surface area is 87.7 Å². The Kier molecular flexibility index (Phi) is 6.77. The zero-order chi connectivity index (χ0) is 11.0. The molecule has 0 aromatic rings. The fraction of sp³-hybridized carbons (Fsp3) is 0.385. The van der Waals surface area contributed by atoms with Crippen LogP contribution in [0, 0.1) is 0 Å². The molecule has 0 aromatic carbocycles. The fourth-order valence-corrected chi connectivity index (χ4v) is 1.10. The van der Waals surface area contributed by atoms with Crippen LogP contribution in [0.15, 0.2) is 47.6 Å². The molecule has 0 amide bonds. The molecule has 0 saturated carbocycles. The molecule has 0 bridgehead atoms. The van der Waals surface area contributed by atoms with E-state index in [1.54, 1.807) is 0 Å². The second kappa shape index (κ2) is 7.34. The van der Waals surface area contributed by atoms with Gasteiger partial charge in [-0.05, 0) is 38.3 Å². The Bertz CT molecular complexity index is 267. The summed E-state index contributed by atoms with van der Waals surface area (Å²) in [5, 5.41) is 0. The first-order valence-corrected chi connectivity index (χ1v) is 4.97. The predicted molar refractivity (Wildman–Crippen MR) is 65.1 cm³/mol. The number of hydrogen-bond acceptors (Lipinski definition) is 1. The van der Waals surface area contributed by atoms with Crippen LogP contribution in [0.5, 0.6) is 0 Å². The zero-order valence-corrected chi connectivity index (χ0v) is 9.51. The van der Waals surface area contributed by atoms with E-state index in [4.69, 9.17) is 5.73 Å². The van der Waals surface area contributed by atoms with Crippen molar-refractivity contribution in [3.63, 3.8) is 0 Å². The van der Waals surface area contributed by atoms with Gasteiger partial charge in [-0.2, -0.15) is 0 Å². The molecule has 0 radical (unpaired) electrons. The first kappa shape index (κ1) is 12.9. The maximum atomic E-state index is 5.56. The van der Waals surface area contributed by atoms with Crippen LogP contribution in [0.2, 0.25) is 0 Å². The first-order chi connectivity index (χ1) is 6.63. The molecule has 0 aliphatic heterocycles. The Hall–Kier alpha value is -1.08. The van der Waals surface area contributed by atoms with Crippen molar-refractivity contribution in [2.24, 2.45) is 5.73 Å². The van der Waals surface area contributed by atoms with Crippen LogP contribution in [0.25, 0.3) is 0 Å². The first-order valence-electron chi connectivity index (χ1n) is 4.97. The molecular weight excluding hydrogens is 170 g/mol. The highest BCUT2D eigenvalue weighted by Gasteiger charge is 1.92. The Morgan fingerprint density at radius 3 is 2.00 bits per heavy atom.